The number of hydrogen-bond acceptors (Lipinski definition) is 5. The van der Waals surface area contributed by atoms with Crippen LogP contribution in [-0.4, -0.2) is 40.9 Å². The number of rotatable bonds is 3. The zero-order chi connectivity index (χ0) is 19.3. The second-order valence-electron chi connectivity index (χ2n) is 7.09. The maximum absolute atomic E-state index is 13.3. The molecule has 3 heterocycles. The van der Waals surface area contributed by atoms with E-state index in [1.54, 1.807) is 65.8 Å². The minimum absolute atomic E-state index is 0.193. The van der Waals surface area contributed by atoms with Crippen LogP contribution >= 0.6 is 0 Å². The lowest BCUT2D eigenvalue weighted by Gasteiger charge is -2.30. The Morgan fingerprint density at radius 1 is 0.857 bits per heavy atom. The molecule has 2 aromatic rings. The summed E-state index contributed by atoms with van der Waals surface area (Å²) < 4.78 is 0. The Kier molecular flexibility index (Phi) is 3.72. The molecule has 28 heavy (non-hydrogen) atoms. The van der Waals surface area contributed by atoms with Gasteiger partial charge in [0.15, 0.2) is 5.78 Å². The number of amides is 2. The molecule has 0 bridgehead atoms. The molecule has 3 aliphatic rings. The molecule has 2 aromatic carbocycles. The summed E-state index contributed by atoms with van der Waals surface area (Å²) in [5, 5.41) is 5.97. The summed E-state index contributed by atoms with van der Waals surface area (Å²) in [6, 6.07) is 16.5. The number of fused-ring (bicyclic) bond motifs is 3. The van der Waals surface area contributed by atoms with Crippen LogP contribution in [0.5, 0.6) is 0 Å². The highest BCUT2D eigenvalue weighted by atomic mass is 16.2. The Balaban J connectivity index is 1.60. The molecule has 0 saturated carbocycles. The second-order valence-corrected chi connectivity index (χ2v) is 7.09. The molecule has 4 atom stereocenters. The number of Topliss-reactive ketones (excluding diaryl/α,β-unsaturated/α-hetero) is 1. The molecule has 0 aliphatic carbocycles. The van der Waals surface area contributed by atoms with Crippen LogP contribution < -0.4 is 4.90 Å². The predicted molar refractivity (Wildman–Crippen MR) is 104 cm³/mol. The van der Waals surface area contributed by atoms with Gasteiger partial charge in [-0.1, -0.05) is 54.6 Å². The third kappa shape index (κ3) is 2.27. The first-order valence-electron chi connectivity index (χ1n) is 9.20. The fourth-order valence-electron chi connectivity index (χ4n) is 4.44. The van der Waals surface area contributed by atoms with Gasteiger partial charge in [-0.3, -0.25) is 19.4 Å². The first kappa shape index (κ1) is 16.6. The predicted octanol–water partition coefficient (Wildman–Crippen LogP) is 2.28. The van der Waals surface area contributed by atoms with E-state index >= 15 is 0 Å². The van der Waals surface area contributed by atoms with E-state index < -0.39 is 23.9 Å². The quantitative estimate of drug-likeness (QED) is 0.613. The number of carbonyl (C=O) groups is 3. The summed E-state index contributed by atoms with van der Waals surface area (Å²) >= 11 is 0. The SMILES string of the molecule is O=C(c1ccccc1)[C@@H]1[C@@H]2C(=O)N(c3ccccc3)C(=O)[C@@H]2[C@H]2C=CC=NN21. The molecule has 5 rings (SSSR count). The van der Waals surface area contributed by atoms with Crippen molar-refractivity contribution in [3.05, 3.63) is 78.4 Å². The van der Waals surface area contributed by atoms with Crippen molar-refractivity contribution >= 4 is 29.5 Å². The van der Waals surface area contributed by atoms with Gasteiger partial charge in [0.2, 0.25) is 11.8 Å². The normalized spacial score (nSPS) is 27.9. The number of imide groups is 1. The Labute approximate surface area is 161 Å². The average Bonchev–Trinajstić information content (AvgIpc) is 3.22. The molecule has 0 radical (unpaired) electrons. The molecule has 0 spiro atoms. The van der Waals surface area contributed by atoms with Crippen molar-refractivity contribution < 1.29 is 14.4 Å². The highest BCUT2D eigenvalue weighted by molar-refractivity contribution is 6.24. The standard InChI is InChI=1S/C22H17N3O3/c26-20(14-8-3-1-4-9-14)19-18-17(16-12-7-13-23-25(16)19)21(27)24(22(18)28)15-10-5-2-6-11-15/h1-13,16-19H/t16-,17-,18-,19+/m1/s1. The third-order valence-corrected chi connectivity index (χ3v) is 5.63. The lowest BCUT2D eigenvalue weighted by atomic mass is 9.86. The van der Waals surface area contributed by atoms with Gasteiger partial charge >= 0.3 is 0 Å². The molecule has 2 saturated heterocycles. The summed E-state index contributed by atoms with van der Waals surface area (Å²) in [5.41, 5.74) is 1.04. The van der Waals surface area contributed by atoms with Crippen LogP contribution in [0.4, 0.5) is 5.69 Å². The average molecular weight is 371 g/mol. The number of hydrazone groups is 1. The number of hydrogen-bond donors (Lipinski definition) is 0. The van der Waals surface area contributed by atoms with Crippen molar-refractivity contribution in [3.63, 3.8) is 0 Å². The number of ketones is 1. The number of benzene rings is 2. The van der Waals surface area contributed by atoms with Gasteiger partial charge in [-0.25, -0.2) is 4.90 Å². The number of carbonyl (C=O) groups excluding carboxylic acids is 3. The molecule has 0 aromatic heterocycles. The number of para-hydroxylation sites is 1. The van der Waals surface area contributed by atoms with Crippen molar-refractivity contribution in [3.8, 4) is 0 Å². The molecule has 6 nitrogen and oxygen atoms in total. The summed E-state index contributed by atoms with van der Waals surface area (Å²) in [6.07, 6.45) is 5.20. The van der Waals surface area contributed by atoms with Gasteiger partial charge in [-0.15, -0.1) is 0 Å². The first-order valence-corrected chi connectivity index (χ1v) is 9.20. The third-order valence-electron chi connectivity index (χ3n) is 5.63. The summed E-state index contributed by atoms with van der Waals surface area (Å²) in [7, 11) is 0. The van der Waals surface area contributed by atoms with E-state index in [1.807, 2.05) is 18.2 Å². The van der Waals surface area contributed by atoms with Gasteiger partial charge < -0.3 is 0 Å². The van der Waals surface area contributed by atoms with Crippen molar-refractivity contribution in [1.82, 2.24) is 5.01 Å². The van der Waals surface area contributed by atoms with E-state index in [-0.39, 0.29) is 17.6 Å². The molecule has 0 unspecified atom stereocenters. The highest BCUT2D eigenvalue weighted by Crippen LogP contribution is 2.46. The van der Waals surface area contributed by atoms with Crippen molar-refractivity contribution in [2.45, 2.75) is 12.1 Å². The van der Waals surface area contributed by atoms with Crippen LogP contribution in [0.2, 0.25) is 0 Å². The van der Waals surface area contributed by atoms with E-state index in [0.717, 1.165) is 0 Å². The number of anilines is 1. The lowest BCUT2D eigenvalue weighted by molar-refractivity contribution is -0.123. The summed E-state index contributed by atoms with van der Waals surface area (Å²) in [5.74, 6) is -2.19. The zero-order valence-electron chi connectivity index (χ0n) is 14.9. The van der Waals surface area contributed by atoms with Crippen molar-refractivity contribution in [1.29, 1.82) is 0 Å². The van der Waals surface area contributed by atoms with Crippen LogP contribution in [0, 0.1) is 11.8 Å². The van der Waals surface area contributed by atoms with E-state index in [0.29, 0.717) is 11.3 Å². The molecule has 138 valence electrons. The first-order chi connectivity index (χ1) is 13.7. The van der Waals surface area contributed by atoms with Gasteiger partial charge in [0.05, 0.1) is 23.6 Å². The maximum atomic E-state index is 13.3. The summed E-state index contributed by atoms with van der Waals surface area (Å²) in [6.45, 7) is 0. The number of nitrogens with zero attached hydrogens (tertiary/aromatic N) is 3. The Morgan fingerprint density at radius 3 is 2.21 bits per heavy atom. The molecule has 3 aliphatic heterocycles. The van der Waals surface area contributed by atoms with E-state index in [1.165, 1.54) is 4.90 Å². The van der Waals surface area contributed by atoms with Gasteiger partial charge in [0.1, 0.15) is 6.04 Å². The second kappa shape index (κ2) is 6.27. The van der Waals surface area contributed by atoms with E-state index in [2.05, 4.69) is 5.10 Å². The van der Waals surface area contributed by atoms with Crippen LogP contribution in [0.25, 0.3) is 0 Å². The van der Waals surface area contributed by atoms with Crippen LogP contribution in [0.3, 0.4) is 0 Å². The van der Waals surface area contributed by atoms with Crippen LogP contribution in [-0.2, 0) is 9.59 Å². The largest absolute Gasteiger partial charge is 0.292 e. The lowest BCUT2D eigenvalue weighted by Crippen LogP contribution is -2.46. The maximum Gasteiger partial charge on any atom is 0.240 e. The van der Waals surface area contributed by atoms with Crippen molar-refractivity contribution in [2.24, 2.45) is 16.9 Å². The van der Waals surface area contributed by atoms with E-state index in [4.69, 9.17) is 0 Å². The molecule has 0 N–H and O–H groups in total. The fraction of sp³-hybridized carbons (Fsp3) is 0.182. The minimum Gasteiger partial charge on any atom is -0.292 e. The molecular weight excluding hydrogens is 354 g/mol. The number of allylic oxidation sites excluding steroid dienone is 1. The molecule has 6 heteroatoms. The monoisotopic (exact) mass is 371 g/mol. The Bertz CT molecular complexity index is 1020. The van der Waals surface area contributed by atoms with Gasteiger partial charge in [-0.05, 0) is 18.2 Å². The van der Waals surface area contributed by atoms with Gasteiger partial charge in [-0.2, -0.15) is 5.10 Å². The van der Waals surface area contributed by atoms with E-state index in [9.17, 15) is 14.4 Å². The van der Waals surface area contributed by atoms with Gasteiger partial charge in [0, 0.05) is 11.8 Å². The minimum atomic E-state index is -0.802. The highest BCUT2D eigenvalue weighted by Gasteiger charge is 2.64. The van der Waals surface area contributed by atoms with Crippen LogP contribution in [0.1, 0.15) is 10.4 Å². The topological polar surface area (TPSA) is 70.0 Å². The zero-order valence-corrected chi connectivity index (χ0v) is 14.9. The summed E-state index contributed by atoms with van der Waals surface area (Å²) in [4.78, 5) is 41.1. The molecule has 2 amide bonds. The Hall–Kier alpha value is -3.54. The molecule has 2 fully saturated rings. The van der Waals surface area contributed by atoms with Crippen molar-refractivity contribution in [2.75, 3.05) is 4.90 Å². The molecular formula is C22H17N3O3. The fourth-order valence-corrected chi connectivity index (χ4v) is 4.44. The van der Waals surface area contributed by atoms with Crippen LogP contribution in [0.15, 0.2) is 77.9 Å². The smallest absolute Gasteiger partial charge is 0.240 e. The van der Waals surface area contributed by atoms with Gasteiger partial charge in [0.25, 0.3) is 0 Å². The Morgan fingerprint density at radius 2 is 1.50 bits per heavy atom.